The van der Waals surface area contributed by atoms with E-state index in [9.17, 15) is 5.26 Å². The van der Waals surface area contributed by atoms with Gasteiger partial charge in [0.2, 0.25) is 12.4 Å². The Labute approximate surface area is 206 Å². The minimum Gasteiger partial charge on any atom is -0.304 e. The number of fused-ring (bicyclic) bond motifs is 6. The molecule has 3 heterocycles. The van der Waals surface area contributed by atoms with E-state index in [4.69, 9.17) is 6.57 Å². The molecule has 0 fully saturated rings. The van der Waals surface area contributed by atoms with Gasteiger partial charge in [-0.1, -0.05) is 65.3 Å². The van der Waals surface area contributed by atoms with Gasteiger partial charge >= 0.3 is 0 Å². The van der Waals surface area contributed by atoms with Gasteiger partial charge in [-0.2, -0.15) is 5.26 Å². The van der Waals surface area contributed by atoms with Gasteiger partial charge in [-0.15, -0.1) is 4.68 Å². The van der Waals surface area contributed by atoms with Crippen molar-refractivity contribution in [1.29, 1.82) is 5.26 Å². The summed E-state index contributed by atoms with van der Waals surface area (Å²) in [7, 11) is 0. The molecule has 0 radical (unpaired) electrons. The zero-order chi connectivity index (χ0) is 24.2. The summed E-state index contributed by atoms with van der Waals surface area (Å²) in [5.74, 6) is 0. The third kappa shape index (κ3) is 2.78. The van der Waals surface area contributed by atoms with Gasteiger partial charge in [-0.05, 0) is 41.8 Å². The van der Waals surface area contributed by atoms with Crippen LogP contribution in [-0.4, -0.2) is 9.24 Å². The molecule has 0 saturated carbocycles. The normalized spacial score (nSPS) is 11.3. The van der Waals surface area contributed by atoms with Crippen LogP contribution in [0.5, 0.6) is 0 Å². The van der Waals surface area contributed by atoms with Crippen molar-refractivity contribution in [3.63, 3.8) is 0 Å². The molecule has 0 aliphatic heterocycles. The van der Waals surface area contributed by atoms with Crippen molar-refractivity contribution in [1.82, 2.24) is 9.24 Å². The van der Waals surface area contributed by atoms with Crippen LogP contribution >= 0.6 is 0 Å². The second kappa shape index (κ2) is 7.56. The Morgan fingerprint density at radius 1 is 0.667 bits per heavy atom. The first-order chi connectivity index (χ1) is 17.8. The molecule has 5 heteroatoms. The number of nitriles is 1. The molecule has 0 unspecified atom stereocenters. The molecule has 4 aromatic carbocycles. The third-order valence-electron chi connectivity index (χ3n) is 6.80. The van der Waals surface area contributed by atoms with Crippen LogP contribution in [0.1, 0.15) is 5.56 Å². The minimum absolute atomic E-state index is 0.554. The highest BCUT2D eigenvalue weighted by Gasteiger charge is 2.21. The van der Waals surface area contributed by atoms with Crippen molar-refractivity contribution in [3.8, 4) is 11.8 Å². The summed E-state index contributed by atoms with van der Waals surface area (Å²) in [5.41, 5.74) is 6.18. The molecule has 36 heavy (non-hydrogen) atoms. The summed E-state index contributed by atoms with van der Waals surface area (Å²) in [4.78, 5) is 3.63. The maximum atomic E-state index is 9.99. The summed E-state index contributed by atoms with van der Waals surface area (Å²) in [6, 6.07) is 34.9. The number of para-hydroxylation sites is 3. The summed E-state index contributed by atoms with van der Waals surface area (Å²) in [5, 5.41) is 14.4. The largest absolute Gasteiger partial charge is 0.304 e. The van der Waals surface area contributed by atoms with Gasteiger partial charge in [0.1, 0.15) is 28.4 Å². The maximum absolute atomic E-state index is 9.99. The quantitative estimate of drug-likeness (QED) is 0.204. The molecule has 7 rings (SSSR count). The molecule has 3 aromatic heterocycles. The molecule has 0 saturated heterocycles. The fraction of sp³-hybridized carbons (Fsp3) is 0. The first-order valence-electron chi connectivity index (χ1n) is 11.6. The Morgan fingerprint density at radius 3 is 1.89 bits per heavy atom. The molecule has 0 spiro atoms. The molecule has 0 amide bonds. The van der Waals surface area contributed by atoms with Gasteiger partial charge < -0.3 is 4.57 Å². The molecule has 0 aliphatic rings. The minimum atomic E-state index is 0.554. The van der Waals surface area contributed by atoms with Crippen LogP contribution in [0.3, 0.4) is 0 Å². The monoisotopic (exact) mass is 460 g/mol. The predicted molar refractivity (Wildman–Crippen MR) is 142 cm³/mol. The first kappa shape index (κ1) is 20.0. The summed E-state index contributed by atoms with van der Waals surface area (Å²) < 4.78 is 6.33. The lowest BCUT2D eigenvalue weighted by atomic mass is 10.1. The lowest BCUT2D eigenvalue weighted by Crippen LogP contribution is -2.41. The van der Waals surface area contributed by atoms with E-state index in [0.717, 1.165) is 49.3 Å². The van der Waals surface area contributed by atoms with Gasteiger partial charge in [-0.3, -0.25) is 0 Å². The molecular formula is C31H18N5+. The van der Waals surface area contributed by atoms with Crippen LogP contribution in [0.2, 0.25) is 0 Å². The van der Waals surface area contributed by atoms with Crippen molar-refractivity contribution < 1.29 is 4.68 Å². The second-order valence-corrected chi connectivity index (χ2v) is 8.79. The summed E-state index contributed by atoms with van der Waals surface area (Å²) >= 11 is 0. The number of hydrogen-bond acceptors (Lipinski definition) is 1. The fourth-order valence-electron chi connectivity index (χ4n) is 5.31. The zero-order valence-electron chi connectivity index (χ0n) is 19.1. The molecule has 166 valence electrons. The number of rotatable bonds is 2. The van der Waals surface area contributed by atoms with E-state index in [1.54, 1.807) is 0 Å². The predicted octanol–water partition coefficient (Wildman–Crippen LogP) is 6.91. The number of hydrogen-bond donors (Lipinski definition) is 0. The van der Waals surface area contributed by atoms with Gasteiger partial charge in [0.05, 0.1) is 17.6 Å². The smallest absolute Gasteiger partial charge is 0.224 e. The van der Waals surface area contributed by atoms with E-state index in [2.05, 4.69) is 74.9 Å². The number of aromatic nitrogens is 3. The summed E-state index contributed by atoms with van der Waals surface area (Å²) in [6.45, 7) is 7.47. The maximum Gasteiger partial charge on any atom is 0.224 e. The van der Waals surface area contributed by atoms with E-state index < -0.39 is 0 Å². The van der Waals surface area contributed by atoms with Gasteiger partial charge in [0.15, 0.2) is 5.69 Å². The standard InChI is InChI=1S/C31H18N5/c1-33-22-14-15-29-27(17-22)26-10-2-5-11-28(26)35(29)23-16-21(18-32)19-34(20-23)36-30-12-6-3-8-24(30)25-9-4-7-13-31(25)36/h2-17,19-20H/q+1. The number of nitrogens with zero attached hydrogens (tertiary/aromatic N) is 5. The van der Waals surface area contributed by atoms with Crippen LogP contribution in [-0.2, 0) is 0 Å². The molecule has 0 N–H and O–H groups in total. The van der Waals surface area contributed by atoms with E-state index in [0.29, 0.717) is 11.3 Å². The third-order valence-corrected chi connectivity index (χ3v) is 6.80. The topological polar surface area (TPSA) is 41.9 Å². The Bertz CT molecular complexity index is 2030. The molecule has 0 atom stereocenters. The molecule has 0 aliphatic carbocycles. The lowest BCUT2D eigenvalue weighted by Gasteiger charge is -2.08. The van der Waals surface area contributed by atoms with Gasteiger partial charge in [0, 0.05) is 16.2 Å². The highest BCUT2D eigenvalue weighted by molar-refractivity contribution is 6.10. The van der Waals surface area contributed by atoms with Crippen LogP contribution in [0.15, 0.2) is 109 Å². The lowest BCUT2D eigenvalue weighted by molar-refractivity contribution is -0.720. The van der Waals surface area contributed by atoms with Crippen molar-refractivity contribution >= 4 is 49.3 Å². The number of pyridine rings is 1. The van der Waals surface area contributed by atoms with E-state index in [-0.39, 0.29) is 0 Å². The highest BCUT2D eigenvalue weighted by atomic mass is 15.4. The van der Waals surface area contributed by atoms with E-state index >= 15 is 0 Å². The van der Waals surface area contributed by atoms with Crippen molar-refractivity contribution in [3.05, 3.63) is 126 Å². The summed E-state index contributed by atoms with van der Waals surface area (Å²) in [6.07, 6.45) is 3.93. The Kier molecular flexibility index (Phi) is 4.21. The Morgan fingerprint density at radius 2 is 1.25 bits per heavy atom. The van der Waals surface area contributed by atoms with E-state index in [1.165, 1.54) is 0 Å². The van der Waals surface area contributed by atoms with Crippen molar-refractivity contribution in [2.45, 2.75) is 0 Å². The fourth-order valence-corrected chi connectivity index (χ4v) is 5.31. The average molecular weight is 461 g/mol. The van der Waals surface area contributed by atoms with Gasteiger partial charge in [-0.25, -0.2) is 4.85 Å². The molecular weight excluding hydrogens is 442 g/mol. The van der Waals surface area contributed by atoms with Crippen LogP contribution < -0.4 is 4.68 Å². The molecule has 0 bridgehead atoms. The zero-order valence-corrected chi connectivity index (χ0v) is 19.1. The Balaban J connectivity index is 1.59. The molecule has 5 nitrogen and oxygen atoms in total. The first-order valence-corrected chi connectivity index (χ1v) is 11.6. The second-order valence-electron chi connectivity index (χ2n) is 8.79. The average Bonchev–Trinajstić information content (AvgIpc) is 3.45. The van der Waals surface area contributed by atoms with Crippen molar-refractivity contribution in [2.24, 2.45) is 0 Å². The van der Waals surface area contributed by atoms with Crippen molar-refractivity contribution in [2.75, 3.05) is 0 Å². The van der Waals surface area contributed by atoms with Gasteiger partial charge in [0.25, 0.3) is 0 Å². The van der Waals surface area contributed by atoms with E-state index in [1.807, 2.05) is 59.4 Å². The molecule has 7 aromatic rings. The van der Waals surface area contributed by atoms with Crippen LogP contribution in [0, 0.1) is 17.9 Å². The van der Waals surface area contributed by atoms with Crippen LogP contribution in [0.4, 0.5) is 5.69 Å². The number of benzene rings is 4. The van der Waals surface area contributed by atoms with Crippen LogP contribution in [0.25, 0.3) is 54.1 Å². The Hall–Kier alpha value is -5.39. The SMILES string of the molecule is [C-]#[N+]c1ccc2c(c1)c1ccccc1n2-c1cc(C#N)c[n+](-n2c3ccccc3c3ccccc32)c1. The highest BCUT2D eigenvalue weighted by Crippen LogP contribution is 2.34.